The molecule has 0 saturated carbocycles. The highest BCUT2D eigenvalue weighted by molar-refractivity contribution is 6.06. The average Bonchev–Trinajstić information content (AvgIpc) is 2.56. The van der Waals surface area contributed by atoms with E-state index < -0.39 is 0 Å². The normalized spacial score (nSPS) is 45.1. The summed E-state index contributed by atoms with van der Waals surface area (Å²) in [4.78, 5) is 25.5. The highest BCUT2D eigenvalue weighted by Gasteiger charge is 2.54. The lowest BCUT2D eigenvalue weighted by atomic mass is 9.74. The first-order valence-electron chi connectivity index (χ1n) is 5.67. The summed E-state index contributed by atoms with van der Waals surface area (Å²) in [5.41, 5.74) is -0.352. The van der Waals surface area contributed by atoms with E-state index in [2.05, 4.69) is 17.3 Å². The predicted octanol–water partition coefficient (Wildman–Crippen LogP) is 0.276. The summed E-state index contributed by atoms with van der Waals surface area (Å²) in [6, 6.07) is 1.03. The second-order valence-electron chi connectivity index (χ2n) is 5.29. The molecule has 0 aromatic rings. The van der Waals surface area contributed by atoms with Crippen LogP contribution in [0.3, 0.4) is 0 Å². The molecular formula is C11H16N2O2. The van der Waals surface area contributed by atoms with Crippen molar-refractivity contribution in [1.82, 2.24) is 10.2 Å². The van der Waals surface area contributed by atoms with E-state index >= 15 is 0 Å². The molecular weight excluding hydrogens is 192 g/mol. The fourth-order valence-corrected chi connectivity index (χ4v) is 3.59. The van der Waals surface area contributed by atoms with E-state index in [0.717, 1.165) is 12.8 Å². The molecule has 1 spiro atoms. The van der Waals surface area contributed by atoms with Gasteiger partial charge in [-0.2, -0.15) is 0 Å². The summed E-state index contributed by atoms with van der Waals surface area (Å²) in [5, 5.41) is 2.46. The monoisotopic (exact) mass is 208 g/mol. The van der Waals surface area contributed by atoms with Crippen LogP contribution in [0.1, 0.15) is 32.1 Å². The van der Waals surface area contributed by atoms with Gasteiger partial charge in [-0.05, 0) is 32.7 Å². The van der Waals surface area contributed by atoms with E-state index in [-0.39, 0.29) is 17.2 Å². The number of fused-ring (bicyclic) bond motifs is 2. The molecule has 3 rings (SSSR count). The first-order valence-corrected chi connectivity index (χ1v) is 5.67. The summed E-state index contributed by atoms with van der Waals surface area (Å²) in [7, 11) is 2.14. The molecule has 2 amide bonds. The maximum atomic E-state index is 11.8. The number of nitrogens with zero attached hydrogens (tertiary/aromatic N) is 1. The van der Waals surface area contributed by atoms with Gasteiger partial charge < -0.3 is 4.90 Å². The molecule has 3 saturated heterocycles. The van der Waals surface area contributed by atoms with Crippen molar-refractivity contribution in [3.05, 3.63) is 0 Å². The van der Waals surface area contributed by atoms with E-state index in [1.807, 2.05) is 0 Å². The highest BCUT2D eigenvalue weighted by Crippen LogP contribution is 2.48. The van der Waals surface area contributed by atoms with Crippen LogP contribution in [0.15, 0.2) is 0 Å². The van der Waals surface area contributed by atoms with Crippen molar-refractivity contribution < 1.29 is 9.59 Å². The third kappa shape index (κ3) is 1.17. The number of amides is 2. The minimum absolute atomic E-state index is 0.0162. The SMILES string of the molecule is CN1[C@@H]2CC[C@H]1CC1(CC(=O)NC1=O)C2. The molecule has 4 nitrogen and oxygen atoms in total. The Morgan fingerprint density at radius 1 is 1.27 bits per heavy atom. The van der Waals surface area contributed by atoms with Crippen LogP contribution < -0.4 is 5.32 Å². The van der Waals surface area contributed by atoms with E-state index in [9.17, 15) is 9.59 Å². The maximum Gasteiger partial charge on any atom is 0.233 e. The molecule has 0 aliphatic carbocycles. The number of hydrogen-bond acceptors (Lipinski definition) is 3. The van der Waals surface area contributed by atoms with E-state index in [1.165, 1.54) is 12.8 Å². The summed E-state index contributed by atoms with van der Waals surface area (Å²) in [5.74, 6) is -0.0959. The van der Waals surface area contributed by atoms with Crippen LogP contribution in [-0.4, -0.2) is 35.8 Å². The molecule has 4 heteroatoms. The molecule has 1 unspecified atom stereocenters. The summed E-state index contributed by atoms with van der Waals surface area (Å²) in [6.07, 6.45) is 4.54. The molecule has 3 fully saturated rings. The van der Waals surface area contributed by atoms with E-state index in [4.69, 9.17) is 0 Å². The van der Waals surface area contributed by atoms with Crippen molar-refractivity contribution in [3.8, 4) is 0 Å². The Morgan fingerprint density at radius 2 is 1.87 bits per heavy atom. The molecule has 3 heterocycles. The zero-order valence-corrected chi connectivity index (χ0v) is 8.95. The molecule has 1 N–H and O–H groups in total. The smallest absolute Gasteiger partial charge is 0.233 e. The zero-order valence-electron chi connectivity index (χ0n) is 8.95. The largest absolute Gasteiger partial charge is 0.300 e. The van der Waals surface area contributed by atoms with Gasteiger partial charge in [0, 0.05) is 18.5 Å². The Balaban J connectivity index is 1.90. The number of hydrogen-bond donors (Lipinski definition) is 1. The van der Waals surface area contributed by atoms with Crippen LogP contribution >= 0.6 is 0 Å². The quantitative estimate of drug-likeness (QED) is 0.582. The Hall–Kier alpha value is -0.900. The average molecular weight is 208 g/mol. The Kier molecular flexibility index (Phi) is 1.75. The third-order valence-electron chi connectivity index (χ3n) is 4.47. The Morgan fingerprint density at radius 3 is 2.33 bits per heavy atom. The molecule has 0 aromatic heterocycles. The van der Waals surface area contributed by atoms with Gasteiger partial charge in [-0.25, -0.2) is 0 Å². The van der Waals surface area contributed by atoms with Crippen LogP contribution in [0.2, 0.25) is 0 Å². The Bertz CT molecular complexity index is 325. The molecule has 2 bridgehead atoms. The van der Waals surface area contributed by atoms with Crippen molar-refractivity contribution in [2.24, 2.45) is 5.41 Å². The van der Waals surface area contributed by atoms with Crippen LogP contribution in [0.5, 0.6) is 0 Å². The van der Waals surface area contributed by atoms with Crippen LogP contribution in [0.4, 0.5) is 0 Å². The standard InChI is InChI=1S/C11H16N2O2/c1-13-7-2-3-8(13)5-11(4-7)6-9(14)12-10(11)15/h7-8H,2-6H2,1H3,(H,12,14,15)/t7-,8+,11?. The van der Waals surface area contributed by atoms with Gasteiger partial charge in [0.1, 0.15) is 0 Å². The van der Waals surface area contributed by atoms with Gasteiger partial charge in [-0.3, -0.25) is 14.9 Å². The predicted molar refractivity (Wildman–Crippen MR) is 54.0 cm³/mol. The minimum Gasteiger partial charge on any atom is -0.300 e. The van der Waals surface area contributed by atoms with Crippen molar-refractivity contribution >= 4 is 11.8 Å². The van der Waals surface area contributed by atoms with Gasteiger partial charge in [0.25, 0.3) is 0 Å². The van der Waals surface area contributed by atoms with Crippen LogP contribution in [0.25, 0.3) is 0 Å². The summed E-state index contributed by atoms with van der Waals surface area (Å²) >= 11 is 0. The summed E-state index contributed by atoms with van der Waals surface area (Å²) < 4.78 is 0. The second-order valence-corrected chi connectivity index (χ2v) is 5.29. The highest BCUT2D eigenvalue weighted by atomic mass is 16.2. The Labute approximate surface area is 89.0 Å². The van der Waals surface area contributed by atoms with Crippen molar-refractivity contribution in [2.45, 2.75) is 44.2 Å². The fourth-order valence-electron chi connectivity index (χ4n) is 3.59. The zero-order chi connectivity index (χ0) is 10.6. The lowest BCUT2D eigenvalue weighted by Gasteiger charge is -2.40. The third-order valence-corrected chi connectivity index (χ3v) is 4.47. The topological polar surface area (TPSA) is 49.4 Å². The van der Waals surface area contributed by atoms with Crippen molar-refractivity contribution in [1.29, 1.82) is 0 Å². The molecule has 3 aliphatic heterocycles. The number of piperidine rings is 1. The molecule has 0 aromatic carbocycles. The van der Waals surface area contributed by atoms with Gasteiger partial charge in [0.2, 0.25) is 11.8 Å². The van der Waals surface area contributed by atoms with Gasteiger partial charge in [0.15, 0.2) is 0 Å². The van der Waals surface area contributed by atoms with Crippen LogP contribution in [0, 0.1) is 5.41 Å². The first kappa shape index (κ1) is 9.33. The number of nitrogens with one attached hydrogen (secondary N) is 1. The molecule has 82 valence electrons. The first-order chi connectivity index (χ1) is 7.11. The molecule has 3 atom stereocenters. The maximum absolute atomic E-state index is 11.8. The van der Waals surface area contributed by atoms with Crippen molar-refractivity contribution in [2.75, 3.05) is 7.05 Å². The number of imide groups is 1. The lowest BCUT2D eigenvalue weighted by molar-refractivity contribution is -0.131. The fraction of sp³-hybridized carbons (Fsp3) is 0.818. The van der Waals surface area contributed by atoms with Gasteiger partial charge >= 0.3 is 0 Å². The second kappa shape index (κ2) is 2.82. The van der Waals surface area contributed by atoms with Gasteiger partial charge in [-0.1, -0.05) is 0 Å². The van der Waals surface area contributed by atoms with Crippen molar-refractivity contribution in [3.63, 3.8) is 0 Å². The molecule has 3 aliphatic rings. The van der Waals surface area contributed by atoms with Crippen LogP contribution in [-0.2, 0) is 9.59 Å². The molecule has 0 radical (unpaired) electrons. The number of carbonyl (C=O) groups is 2. The molecule has 15 heavy (non-hydrogen) atoms. The van der Waals surface area contributed by atoms with E-state index in [1.54, 1.807) is 0 Å². The lowest BCUT2D eigenvalue weighted by Crippen LogP contribution is -2.48. The minimum atomic E-state index is -0.352. The summed E-state index contributed by atoms with van der Waals surface area (Å²) in [6.45, 7) is 0. The van der Waals surface area contributed by atoms with E-state index in [0.29, 0.717) is 18.5 Å². The van der Waals surface area contributed by atoms with Gasteiger partial charge in [0.05, 0.1) is 5.41 Å². The number of carbonyl (C=O) groups excluding carboxylic acids is 2. The van der Waals surface area contributed by atoms with Gasteiger partial charge in [-0.15, -0.1) is 0 Å². The number of rotatable bonds is 0.